The maximum Gasteiger partial charge on any atom is 0.234 e. The van der Waals surface area contributed by atoms with Gasteiger partial charge in [0.25, 0.3) is 0 Å². The summed E-state index contributed by atoms with van der Waals surface area (Å²) in [6, 6.07) is 0.637. The van der Waals surface area contributed by atoms with Crippen LogP contribution in [-0.2, 0) is 9.59 Å². The van der Waals surface area contributed by atoms with E-state index in [0.717, 1.165) is 38.8 Å². The first-order chi connectivity index (χ1) is 9.63. The molecule has 0 aromatic heterocycles. The number of nitrogens with zero attached hydrogens (tertiary/aromatic N) is 2. The molecule has 2 heterocycles. The highest BCUT2D eigenvalue weighted by molar-refractivity contribution is 5.78. The predicted molar refractivity (Wildman–Crippen MR) is 78.2 cm³/mol. The molecule has 0 bridgehead atoms. The number of amides is 2. The van der Waals surface area contributed by atoms with Gasteiger partial charge in [0.1, 0.15) is 0 Å². The van der Waals surface area contributed by atoms with Gasteiger partial charge in [-0.3, -0.25) is 14.5 Å². The van der Waals surface area contributed by atoms with Gasteiger partial charge in [0.15, 0.2) is 0 Å². The third-order valence-corrected chi connectivity index (χ3v) is 4.35. The van der Waals surface area contributed by atoms with E-state index >= 15 is 0 Å². The SMILES string of the molecule is C=CCNC(=O)CN1CCC[C@@H]1[C@H]1CCCN1C(C)=O. The van der Waals surface area contributed by atoms with Crippen molar-refractivity contribution in [2.24, 2.45) is 0 Å². The second-order valence-corrected chi connectivity index (χ2v) is 5.69. The number of hydrogen-bond donors (Lipinski definition) is 1. The lowest BCUT2D eigenvalue weighted by Crippen LogP contribution is -2.50. The van der Waals surface area contributed by atoms with Crippen LogP contribution in [0.4, 0.5) is 0 Å². The number of likely N-dealkylation sites (tertiary alicyclic amines) is 2. The molecule has 5 nitrogen and oxygen atoms in total. The van der Waals surface area contributed by atoms with E-state index in [1.165, 1.54) is 0 Å². The average Bonchev–Trinajstić information content (AvgIpc) is 3.03. The van der Waals surface area contributed by atoms with Crippen molar-refractivity contribution in [3.63, 3.8) is 0 Å². The molecule has 0 unspecified atom stereocenters. The number of hydrogen-bond acceptors (Lipinski definition) is 3. The Kier molecular flexibility index (Phi) is 5.17. The number of nitrogens with one attached hydrogen (secondary N) is 1. The van der Waals surface area contributed by atoms with Crippen LogP contribution in [0.5, 0.6) is 0 Å². The van der Waals surface area contributed by atoms with E-state index in [2.05, 4.69) is 16.8 Å². The fourth-order valence-electron chi connectivity index (χ4n) is 3.49. The molecule has 1 N–H and O–H groups in total. The highest BCUT2D eigenvalue weighted by atomic mass is 16.2. The van der Waals surface area contributed by atoms with Gasteiger partial charge < -0.3 is 10.2 Å². The zero-order valence-electron chi connectivity index (χ0n) is 12.3. The summed E-state index contributed by atoms with van der Waals surface area (Å²) in [6.07, 6.45) is 6.03. The van der Waals surface area contributed by atoms with Crippen LogP contribution in [0.1, 0.15) is 32.6 Å². The molecule has 2 rings (SSSR count). The average molecular weight is 279 g/mol. The molecule has 20 heavy (non-hydrogen) atoms. The van der Waals surface area contributed by atoms with Crippen LogP contribution in [0.2, 0.25) is 0 Å². The first-order valence-corrected chi connectivity index (χ1v) is 7.52. The minimum atomic E-state index is 0.0455. The van der Waals surface area contributed by atoms with Gasteiger partial charge in [0.2, 0.25) is 11.8 Å². The monoisotopic (exact) mass is 279 g/mol. The van der Waals surface area contributed by atoms with Crippen molar-refractivity contribution in [2.75, 3.05) is 26.2 Å². The smallest absolute Gasteiger partial charge is 0.234 e. The molecule has 2 amide bonds. The third kappa shape index (κ3) is 3.39. The third-order valence-electron chi connectivity index (χ3n) is 4.35. The van der Waals surface area contributed by atoms with Crippen LogP contribution in [0.25, 0.3) is 0 Å². The Morgan fingerprint density at radius 1 is 1.25 bits per heavy atom. The molecule has 2 aliphatic heterocycles. The molecule has 0 aromatic rings. The van der Waals surface area contributed by atoms with E-state index in [1.807, 2.05) is 4.90 Å². The Labute approximate surface area is 121 Å². The standard InChI is InChI=1S/C15H25N3O2/c1-3-8-16-15(20)11-17-9-4-6-13(17)14-7-5-10-18(14)12(2)19/h3,13-14H,1,4-11H2,2H3,(H,16,20)/t13-,14-/m1/s1. The van der Waals surface area contributed by atoms with Crippen LogP contribution in [0.3, 0.4) is 0 Å². The highest BCUT2D eigenvalue weighted by Gasteiger charge is 2.39. The van der Waals surface area contributed by atoms with Gasteiger partial charge in [-0.15, -0.1) is 6.58 Å². The summed E-state index contributed by atoms with van der Waals surface area (Å²) >= 11 is 0. The summed E-state index contributed by atoms with van der Waals surface area (Å²) in [6.45, 7) is 8.01. The summed E-state index contributed by atoms with van der Waals surface area (Å²) < 4.78 is 0. The van der Waals surface area contributed by atoms with Gasteiger partial charge in [-0.2, -0.15) is 0 Å². The highest BCUT2D eigenvalue weighted by Crippen LogP contribution is 2.29. The molecular weight excluding hydrogens is 254 g/mol. The zero-order chi connectivity index (χ0) is 14.5. The first kappa shape index (κ1) is 15.0. The predicted octanol–water partition coefficient (Wildman–Crippen LogP) is 0.764. The molecule has 0 saturated carbocycles. The van der Waals surface area contributed by atoms with E-state index < -0.39 is 0 Å². The van der Waals surface area contributed by atoms with E-state index in [9.17, 15) is 9.59 Å². The quantitative estimate of drug-likeness (QED) is 0.756. The Morgan fingerprint density at radius 3 is 2.65 bits per heavy atom. The van der Waals surface area contributed by atoms with Crippen LogP contribution >= 0.6 is 0 Å². The van der Waals surface area contributed by atoms with Gasteiger partial charge in [-0.25, -0.2) is 0 Å². The molecule has 112 valence electrons. The lowest BCUT2D eigenvalue weighted by molar-refractivity contribution is -0.130. The molecule has 0 radical (unpaired) electrons. The molecule has 2 saturated heterocycles. The van der Waals surface area contributed by atoms with Gasteiger partial charge in [0.05, 0.1) is 6.54 Å². The summed E-state index contributed by atoms with van der Waals surface area (Å²) in [5.74, 6) is 0.208. The van der Waals surface area contributed by atoms with E-state index in [0.29, 0.717) is 25.2 Å². The van der Waals surface area contributed by atoms with Crippen LogP contribution < -0.4 is 5.32 Å². The number of carbonyl (C=O) groups excluding carboxylic acids is 2. The van der Waals surface area contributed by atoms with E-state index in [4.69, 9.17) is 0 Å². The Balaban J connectivity index is 1.94. The van der Waals surface area contributed by atoms with Crippen molar-refractivity contribution in [1.82, 2.24) is 15.1 Å². The van der Waals surface area contributed by atoms with Gasteiger partial charge in [-0.1, -0.05) is 6.08 Å². The largest absolute Gasteiger partial charge is 0.352 e. The Morgan fingerprint density at radius 2 is 1.95 bits per heavy atom. The van der Waals surface area contributed by atoms with Crippen LogP contribution in [0, 0.1) is 0 Å². The zero-order valence-corrected chi connectivity index (χ0v) is 12.3. The van der Waals surface area contributed by atoms with Crippen LogP contribution in [0.15, 0.2) is 12.7 Å². The van der Waals surface area contributed by atoms with Crippen molar-refractivity contribution >= 4 is 11.8 Å². The lowest BCUT2D eigenvalue weighted by Gasteiger charge is -2.34. The molecule has 0 spiro atoms. The fraction of sp³-hybridized carbons (Fsp3) is 0.733. The van der Waals surface area contributed by atoms with Crippen molar-refractivity contribution in [3.05, 3.63) is 12.7 Å². The van der Waals surface area contributed by atoms with Gasteiger partial charge in [-0.05, 0) is 32.2 Å². The summed E-state index contributed by atoms with van der Waals surface area (Å²) in [5, 5.41) is 2.83. The van der Waals surface area contributed by atoms with Crippen molar-refractivity contribution < 1.29 is 9.59 Å². The molecular formula is C15H25N3O2. The molecule has 2 fully saturated rings. The van der Waals surface area contributed by atoms with Crippen molar-refractivity contribution in [3.8, 4) is 0 Å². The summed E-state index contributed by atoms with van der Waals surface area (Å²) in [4.78, 5) is 27.8. The maximum absolute atomic E-state index is 11.9. The normalized spacial score (nSPS) is 26.8. The fourth-order valence-corrected chi connectivity index (χ4v) is 3.49. The molecule has 2 aliphatic rings. The summed E-state index contributed by atoms with van der Waals surface area (Å²) in [7, 11) is 0. The van der Waals surface area contributed by atoms with Crippen LogP contribution in [-0.4, -0.2) is 59.9 Å². The second-order valence-electron chi connectivity index (χ2n) is 5.69. The van der Waals surface area contributed by atoms with E-state index in [-0.39, 0.29) is 11.8 Å². The molecule has 0 aromatic carbocycles. The summed E-state index contributed by atoms with van der Waals surface area (Å²) in [5.41, 5.74) is 0. The number of carbonyl (C=O) groups is 2. The minimum absolute atomic E-state index is 0.0455. The molecule has 0 aliphatic carbocycles. The number of rotatable bonds is 5. The first-order valence-electron chi connectivity index (χ1n) is 7.52. The van der Waals surface area contributed by atoms with Crippen molar-refractivity contribution in [2.45, 2.75) is 44.7 Å². The Hall–Kier alpha value is -1.36. The van der Waals surface area contributed by atoms with Gasteiger partial charge in [0, 0.05) is 32.1 Å². The lowest BCUT2D eigenvalue weighted by atomic mass is 10.0. The minimum Gasteiger partial charge on any atom is -0.352 e. The second kappa shape index (κ2) is 6.88. The van der Waals surface area contributed by atoms with Gasteiger partial charge >= 0.3 is 0 Å². The topological polar surface area (TPSA) is 52.7 Å². The Bertz CT molecular complexity index is 383. The molecule has 2 atom stereocenters. The van der Waals surface area contributed by atoms with E-state index in [1.54, 1.807) is 13.0 Å². The maximum atomic E-state index is 11.9. The molecule has 5 heteroatoms. The van der Waals surface area contributed by atoms with Crippen molar-refractivity contribution in [1.29, 1.82) is 0 Å².